The van der Waals surface area contributed by atoms with Gasteiger partial charge < -0.3 is 14.6 Å². The Labute approximate surface area is 170 Å². The number of hydrogen-bond acceptors (Lipinski definition) is 5. The van der Waals surface area contributed by atoms with Crippen LogP contribution in [0.1, 0.15) is 29.4 Å². The maximum atomic E-state index is 12.4. The third-order valence-corrected chi connectivity index (χ3v) is 4.79. The standard InChI is InChI=1S/C23H24N2O4/c1-4-19-15-16(2)24-22(25-19)29-20(21(26)27)23(28-3,17-11-7-5-8-12-17)18-13-9-6-10-14-18/h5-15,20H,4H2,1-3H3,(H,26,27)/t20-/m1/s1. The van der Waals surface area contributed by atoms with Crippen LogP contribution in [0.4, 0.5) is 0 Å². The number of methoxy groups -OCH3 is 1. The lowest BCUT2D eigenvalue weighted by molar-refractivity contribution is -0.160. The molecule has 0 amide bonds. The quantitative estimate of drug-likeness (QED) is 0.628. The van der Waals surface area contributed by atoms with Crippen molar-refractivity contribution in [2.45, 2.75) is 32.0 Å². The van der Waals surface area contributed by atoms with E-state index in [9.17, 15) is 9.90 Å². The van der Waals surface area contributed by atoms with E-state index in [1.54, 1.807) is 0 Å². The highest BCUT2D eigenvalue weighted by Crippen LogP contribution is 2.38. The number of benzene rings is 2. The minimum absolute atomic E-state index is 0.0162. The topological polar surface area (TPSA) is 81.5 Å². The number of carbonyl (C=O) groups is 1. The zero-order valence-electron chi connectivity index (χ0n) is 16.7. The van der Waals surface area contributed by atoms with E-state index in [0.29, 0.717) is 23.2 Å². The van der Waals surface area contributed by atoms with Crippen LogP contribution in [-0.4, -0.2) is 34.3 Å². The predicted molar refractivity (Wildman–Crippen MR) is 109 cm³/mol. The van der Waals surface area contributed by atoms with Crippen molar-refractivity contribution in [1.82, 2.24) is 9.97 Å². The van der Waals surface area contributed by atoms with Gasteiger partial charge in [-0.25, -0.2) is 14.8 Å². The van der Waals surface area contributed by atoms with Gasteiger partial charge >= 0.3 is 12.0 Å². The van der Waals surface area contributed by atoms with E-state index in [1.165, 1.54) is 7.11 Å². The van der Waals surface area contributed by atoms with E-state index in [2.05, 4.69) is 9.97 Å². The smallest absolute Gasteiger partial charge is 0.348 e. The molecule has 0 aliphatic rings. The molecule has 150 valence electrons. The van der Waals surface area contributed by atoms with Crippen LogP contribution in [0.25, 0.3) is 0 Å². The van der Waals surface area contributed by atoms with E-state index in [0.717, 1.165) is 5.69 Å². The van der Waals surface area contributed by atoms with Crippen molar-refractivity contribution >= 4 is 5.97 Å². The molecule has 0 saturated heterocycles. The van der Waals surface area contributed by atoms with Gasteiger partial charge in [0.05, 0.1) is 0 Å². The van der Waals surface area contributed by atoms with E-state index in [1.807, 2.05) is 80.6 Å². The third-order valence-electron chi connectivity index (χ3n) is 4.79. The summed E-state index contributed by atoms with van der Waals surface area (Å²) in [5.41, 5.74) is 1.40. The molecule has 0 saturated carbocycles. The lowest BCUT2D eigenvalue weighted by atomic mass is 9.81. The van der Waals surface area contributed by atoms with Gasteiger partial charge in [0.2, 0.25) is 6.10 Å². The van der Waals surface area contributed by atoms with Gasteiger partial charge in [0.25, 0.3) is 0 Å². The Morgan fingerprint density at radius 3 is 2.03 bits per heavy atom. The molecule has 0 fully saturated rings. The number of hydrogen-bond donors (Lipinski definition) is 1. The van der Waals surface area contributed by atoms with Crippen LogP contribution in [0, 0.1) is 6.92 Å². The number of carboxylic acids is 1. The maximum absolute atomic E-state index is 12.4. The van der Waals surface area contributed by atoms with Gasteiger partial charge in [-0.1, -0.05) is 67.6 Å². The number of ether oxygens (including phenoxy) is 2. The Morgan fingerprint density at radius 1 is 1.03 bits per heavy atom. The molecular weight excluding hydrogens is 368 g/mol. The minimum atomic E-state index is -1.41. The molecule has 3 aromatic rings. The van der Waals surface area contributed by atoms with E-state index in [4.69, 9.17) is 9.47 Å². The molecule has 29 heavy (non-hydrogen) atoms. The summed E-state index contributed by atoms with van der Waals surface area (Å²) in [6.07, 6.45) is -0.728. The summed E-state index contributed by atoms with van der Waals surface area (Å²) in [6, 6.07) is 20.2. The lowest BCUT2D eigenvalue weighted by Gasteiger charge is -2.37. The van der Waals surface area contributed by atoms with Gasteiger partial charge in [-0.3, -0.25) is 0 Å². The van der Waals surface area contributed by atoms with Crippen molar-refractivity contribution in [2.75, 3.05) is 7.11 Å². The van der Waals surface area contributed by atoms with Crippen molar-refractivity contribution in [3.05, 3.63) is 89.2 Å². The van der Waals surface area contributed by atoms with Crippen LogP contribution in [0.15, 0.2) is 66.7 Å². The van der Waals surface area contributed by atoms with Gasteiger partial charge in [0.1, 0.15) is 0 Å². The zero-order chi connectivity index (χ0) is 20.9. The lowest BCUT2D eigenvalue weighted by Crippen LogP contribution is -2.50. The van der Waals surface area contributed by atoms with E-state index in [-0.39, 0.29) is 6.01 Å². The maximum Gasteiger partial charge on any atom is 0.348 e. The number of rotatable bonds is 8. The van der Waals surface area contributed by atoms with E-state index < -0.39 is 17.7 Å². The molecule has 2 aromatic carbocycles. The predicted octanol–water partition coefficient (Wildman–Crippen LogP) is 3.77. The summed E-state index contributed by atoms with van der Waals surface area (Å²) < 4.78 is 11.8. The van der Waals surface area contributed by atoms with Crippen molar-refractivity contribution < 1.29 is 19.4 Å². The Hall–Kier alpha value is -3.25. The van der Waals surface area contributed by atoms with Crippen molar-refractivity contribution in [3.63, 3.8) is 0 Å². The van der Waals surface area contributed by atoms with Crippen LogP contribution >= 0.6 is 0 Å². The fraction of sp³-hybridized carbons (Fsp3) is 0.261. The Morgan fingerprint density at radius 2 is 1.59 bits per heavy atom. The summed E-state index contributed by atoms with van der Waals surface area (Å²) in [7, 11) is 1.48. The van der Waals surface area contributed by atoms with Crippen LogP contribution in [-0.2, 0) is 21.6 Å². The van der Waals surface area contributed by atoms with Crippen LogP contribution in [0.5, 0.6) is 6.01 Å². The Bertz CT molecular complexity index is 922. The van der Waals surface area contributed by atoms with Crippen molar-refractivity contribution in [1.29, 1.82) is 0 Å². The molecule has 0 bridgehead atoms. The largest absolute Gasteiger partial charge is 0.478 e. The molecule has 6 nitrogen and oxygen atoms in total. The fourth-order valence-electron chi connectivity index (χ4n) is 3.43. The van der Waals surface area contributed by atoms with Crippen LogP contribution in [0.2, 0.25) is 0 Å². The Kier molecular flexibility index (Phi) is 6.24. The molecule has 6 heteroatoms. The molecule has 0 unspecified atom stereocenters. The number of aromatic nitrogens is 2. The number of aliphatic carboxylic acids is 1. The molecule has 1 N–H and O–H groups in total. The molecular formula is C23H24N2O4. The molecule has 1 aromatic heterocycles. The molecule has 0 radical (unpaired) electrons. The first kappa shape index (κ1) is 20.5. The second-order valence-electron chi connectivity index (χ2n) is 6.64. The summed E-state index contributed by atoms with van der Waals surface area (Å²) in [5.74, 6) is -1.18. The highest BCUT2D eigenvalue weighted by atomic mass is 16.6. The molecule has 0 aliphatic carbocycles. The second kappa shape index (κ2) is 8.84. The summed E-state index contributed by atoms with van der Waals surface area (Å²) >= 11 is 0. The number of nitrogens with zero attached hydrogens (tertiary/aromatic N) is 2. The first-order valence-electron chi connectivity index (χ1n) is 9.41. The van der Waals surface area contributed by atoms with Crippen LogP contribution < -0.4 is 4.74 Å². The number of aryl methyl sites for hydroxylation is 2. The first-order chi connectivity index (χ1) is 14.0. The fourth-order valence-corrected chi connectivity index (χ4v) is 3.43. The van der Waals surface area contributed by atoms with Gasteiger partial charge in [-0.15, -0.1) is 0 Å². The average Bonchev–Trinajstić information content (AvgIpc) is 2.75. The summed E-state index contributed by atoms with van der Waals surface area (Å²) in [5, 5.41) is 10.2. The highest BCUT2D eigenvalue weighted by Gasteiger charge is 2.49. The first-order valence-corrected chi connectivity index (χ1v) is 9.41. The van der Waals surface area contributed by atoms with Crippen molar-refractivity contribution in [2.24, 2.45) is 0 Å². The minimum Gasteiger partial charge on any atom is -0.478 e. The molecule has 1 atom stereocenters. The van der Waals surface area contributed by atoms with Gasteiger partial charge in [-0.2, -0.15) is 0 Å². The van der Waals surface area contributed by atoms with Crippen molar-refractivity contribution in [3.8, 4) is 6.01 Å². The third kappa shape index (κ3) is 4.12. The summed E-state index contributed by atoms with van der Waals surface area (Å²) in [4.78, 5) is 21.1. The molecule has 1 heterocycles. The molecule has 3 rings (SSSR count). The highest BCUT2D eigenvalue weighted by molar-refractivity contribution is 5.76. The van der Waals surface area contributed by atoms with Crippen LogP contribution in [0.3, 0.4) is 0 Å². The van der Waals surface area contributed by atoms with Gasteiger partial charge in [-0.05, 0) is 30.5 Å². The van der Waals surface area contributed by atoms with Gasteiger partial charge in [0, 0.05) is 18.5 Å². The SMILES string of the molecule is CCc1cc(C)nc(O[C@H](C(=O)O)C(OC)(c2ccccc2)c2ccccc2)n1. The monoisotopic (exact) mass is 392 g/mol. The second-order valence-corrected chi connectivity index (χ2v) is 6.64. The molecule has 0 spiro atoms. The van der Waals surface area contributed by atoms with Gasteiger partial charge in [0.15, 0.2) is 5.60 Å². The molecule has 0 aliphatic heterocycles. The van der Waals surface area contributed by atoms with E-state index >= 15 is 0 Å². The number of carboxylic acid groups (broad SMARTS) is 1. The summed E-state index contributed by atoms with van der Waals surface area (Å²) in [6.45, 7) is 3.79. The zero-order valence-corrected chi connectivity index (χ0v) is 16.7. The average molecular weight is 392 g/mol. The normalized spacial score (nSPS) is 12.4. The Balaban J connectivity index is 2.18.